The molecular formula is C13H20N2. The summed E-state index contributed by atoms with van der Waals surface area (Å²) in [5.41, 5.74) is 1.17. The summed E-state index contributed by atoms with van der Waals surface area (Å²) in [4.78, 5) is 4.59. The maximum atomic E-state index is 4.59. The van der Waals surface area contributed by atoms with Crippen LogP contribution in [0, 0.1) is 0 Å². The van der Waals surface area contributed by atoms with E-state index in [1.54, 1.807) is 0 Å². The van der Waals surface area contributed by atoms with Crippen LogP contribution in [-0.2, 0) is 0 Å². The molecule has 2 nitrogen and oxygen atoms in total. The lowest BCUT2D eigenvalue weighted by Crippen LogP contribution is -2.36. The van der Waals surface area contributed by atoms with Crippen molar-refractivity contribution < 1.29 is 0 Å². The van der Waals surface area contributed by atoms with Crippen LogP contribution in [0.2, 0.25) is 0 Å². The van der Waals surface area contributed by atoms with Crippen molar-refractivity contribution >= 4 is 12.3 Å². The van der Waals surface area contributed by atoms with Crippen LogP contribution in [0.4, 0.5) is 0 Å². The van der Waals surface area contributed by atoms with Gasteiger partial charge in [-0.05, 0) is 24.1 Å². The van der Waals surface area contributed by atoms with Gasteiger partial charge in [-0.2, -0.15) is 0 Å². The fraction of sp³-hybridized carbons (Fsp3) is 0.462. The Labute approximate surface area is 91.7 Å². The van der Waals surface area contributed by atoms with Gasteiger partial charge in [-0.3, -0.25) is 4.98 Å². The highest BCUT2D eigenvalue weighted by Crippen LogP contribution is 2.06. The van der Waals surface area contributed by atoms with Crippen LogP contribution in [-0.4, -0.2) is 11.5 Å². The predicted octanol–water partition coefficient (Wildman–Crippen LogP) is 1.35. The molecule has 0 unspecified atom stereocenters. The summed E-state index contributed by atoms with van der Waals surface area (Å²) in [7, 11) is 0. The van der Waals surface area contributed by atoms with Crippen LogP contribution in [0.5, 0.6) is 0 Å². The Morgan fingerprint density at radius 1 is 1.27 bits per heavy atom. The van der Waals surface area contributed by atoms with Gasteiger partial charge in [0.2, 0.25) is 0 Å². The first-order valence-corrected chi connectivity index (χ1v) is 5.68. The molecule has 0 aromatic carbocycles. The van der Waals surface area contributed by atoms with Crippen LogP contribution in [0.15, 0.2) is 12.1 Å². The van der Waals surface area contributed by atoms with E-state index in [4.69, 9.17) is 0 Å². The molecule has 2 heteroatoms. The molecule has 1 aromatic rings. The Balaban J connectivity index is 0.000000531. The van der Waals surface area contributed by atoms with E-state index in [2.05, 4.69) is 42.4 Å². The Morgan fingerprint density at radius 2 is 2.00 bits per heavy atom. The number of hydrogen-bond donors (Lipinski definition) is 1. The minimum atomic E-state index is 0.508. The zero-order chi connectivity index (χ0) is 11.3. The van der Waals surface area contributed by atoms with Gasteiger partial charge in [-0.15, -0.1) is 0 Å². The van der Waals surface area contributed by atoms with Gasteiger partial charge < -0.3 is 5.32 Å². The monoisotopic (exact) mass is 204 g/mol. The molecule has 0 saturated heterocycles. The van der Waals surface area contributed by atoms with Crippen molar-refractivity contribution in [3.05, 3.63) is 28.4 Å². The van der Waals surface area contributed by atoms with Crippen LogP contribution < -0.4 is 15.9 Å². The molecule has 82 valence electrons. The summed E-state index contributed by atoms with van der Waals surface area (Å²) in [6.45, 7) is 9.22. The van der Waals surface area contributed by atoms with Crippen molar-refractivity contribution in [1.29, 1.82) is 0 Å². The minimum Gasteiger partial charge on any atom is -0.387 e. The molecule has 0 amide bonds. The molecule has 0 bridgehead atoms. The topological polar surface area (TPSA) is 24.9 Å². The van der Waals surface area contributed by atoms with Gasteiger partial charge in [-0.1, -0.05) is 27.7 Å². The number of nitrogens with one attached hydrogen (secondary N) is 1. The van der Waals surface area contributed by atoms with Gasteiger partial charge in [-0.25, -0.2) is 0 Å². The lowest BCUT2D eigenvalue weighted by atomic mass is 10.1. The average Bonchev–Trinajstić information content (AvgIpc) is 2.31. The second-order valence-corrected chi connectivity index (χ2v) is 3.62. The lowest BCUT2D eigenvalue weighted by molar-refractivity contribution is 0.812. The molecule has 0 atom stereocenters. The largest absolute Gasteiger partial charge is 0.387 e. The maximum Gasteiger partial charge on any atom is 0.0697 e. The molecular weight excluding hydrogens is 184 g/mol. The zero-order valence-corrected chi connectivity index (χ0v) is 10.0. The number of fused-ring (bicyclic) bond motifs is 1. The SMILES string of the molecule is CC.CC(C)c1ccc2c(n1)=CCNC=2. The Kier molecular flexibility index (Phi) is 4.35. The first-order chi connectivity index (χ1) is 7.27. The van der Waals surface area contributed by atoms with Crippen LogP contribution in [0.3, 0.4) is 0 Å². The van der Waals surface area contributed by atoms with Crippen LogP contribution >= 0.6 is 0 Å². The van der Waals surface area contributed by atoms with Gasteiger partial charge in [0.25, 0.3) is 0 Å². The summed E-state index contributed by atoms with van der Waals surface area (Å²) in [5.74, 6) is 0.508. The maximum absolute atomic E-state index is 4.59. The smallest absolute Gasteiger partial charge is 0.0697 e. The molecule has 0 fully saturated rings. The third-order valence-electron chi connectivity index (χ3n) is 2.24. The molecule has 1 aromatic heterocycles. The van der Waals surface area contributed by atoms with Crippen molar-refractivity contribution in [3.63, 3.8) is 0 Å². The lowest BCUT2D eigenvalue weighted by Gasteiger charge is -2.06. The third kappa shape index (κ3) is 2.82. The Morgan fingerprint density at radius 3 is 2.67 bits per heavy atom. The molecule has 0 radical (unpaired) electrons. The van der Waals surface area contributed by atoms with E-state index in [1.807, 2.05) is 20.0 Å². The second-order valence-electron chi connectivity index (χ2n) is 3.62. The first-order valence-electron chi connectivity index (χ1n) is 5.68. The molecule has 1 aliphatic heterocycles. The highest BCUT2D eigenvalue weighted by atomic mass is 14.8. The average molecular weight is 204 g/mol. The second kappa shape index (κ2) is 5.54. The van der Waals surface area contributed by atoms with E-state index < -0.39 is 0 Å². The van der Waals surface area contributed by atoms with Crippen molar-refractivity contribution in [3.8, 4) is 0 Å². The van der Waals surface area contributed by atoms with Crippen LogP contribution in [0.1, 0.15) is 39.3 Å². The first kappa shape index (κ1) is 11.8. The molecule has 0 saturated carbocycles. The number of aromatic nitrogens is 1. The molecule has 15 heavy (non-hydrogen) atoms. The predicted molar refractivity (Wildman–Crippen MR) is 65.9 cm³/mol. The van der Waals surface area contributed by atoms with E-state index in [1.165, 1.54) is 10.9 Å². The van der Waals surface area contributed by atoms with Crippen molar-refractivity contribution in [2.24, 2.45) is 0 Å². The highest BCUT2D eigenvalue weighted by molar-refractivity contribution is 5.35. The highest BCUT2D eigenvalue weighted by Gasteiger charge is 2.00. The van der Waals surface area contributed by atoms with Gasteiger partial charge >= 0.3 is 0 Å². The van der Waals surface area contributed by atoms with Crippen molar-refractivity contribution in [1.82, 2.24) is 10.3 Å². The van der Waals surface area contributed by atoms with E-state index in [9.17, 15) is 0 Å². The van der Waals surface area contributed by atoms with E-state index in [0.717, 1.165) is 11.9 Å². The number of pyridine rings is 1. The van der Waals surface area contributed by atoms with Gasteiger partial charge in [0.1, 0.15) is 0 Å². The number of nitrogens with zero attached hydrogens (tertiary/aromatic N) is 1. The summed E-state index contributed by atoms with van der Waals surface area (Å²) >= 11 is 0. The Bertz CT molecular complexity index is 419. The van der Waals surface area contributed by atoms with Gasteiger partial charge in [0.05, 0.1) is 5.35 Å². The summed E-state index contributed by atoms with van der Waals surface area (Å²) in [6.07, 6.45) is 4.15. The van der Waals surface area contributed by atoms with E-state index >= 15 is 0 Å². The molecule has 0 spiro atoms. The standard InChI is InChI=1S/C11H14N2.C2H6/c1-8(2)10-4-3-9-7-12-6-5-11(9)13-10;1-2/h3-5,7-8,12H,6H2,1-2H3;1-2H3. The van der Waals surface area contributed by atoms with Crippen molar-refractivity contribution in [2.45, 2.75) is 33.6 Å². The number of hydrogen-bond acceptors (Lipinski definition) is 2. The third-order valence-corrected chi connectivity index (χ3v) is 2.24. The molecule has 2 heterocycles. The molecule has 1 aliphatic rings. The zero-order valence-electron chi connectivity index (χ0n) is 10.0. The fourth-order valence-corrected chi connectivity index (χ4v) is 1.43. The Hall–Kier alpha value is -1.31. The van der Waals surface area contributed by atoms with Gasteiger partial charge in [0, 0.05) is 23.7 Å². The summed E-state index contributed by atoms with van der Waals surface area (Å²) in [5, 5.41) is 5.48. The normalized spacial score (nSPS) is 12.6. The van der Waals surface area contributed by atoms with Crippen molar-refractivity contribution in [2.75, 3.05) is 6.54 Å². The molecule has 1 N–H and O–H groups in total. The fourth-order valence-electron chi connectivity index (χ4n) is 1.43. The molecule has 2 rings (SSSR count). The molecule has 0 aliphatic carbocycles. The summed E-state index contributed by atoms with van der Waals surface area (Å²) < 4.78 is 0. The van der Waals surface area contributed by atoms with E-state index in [0.29, 0.717) is 5.92 Å². The van der Waals surface area contributed by atoms with Gasteiger partial charge in [0.15, 0.2) is 0 Å². The van der Waals surface area contributed by atoms with Crippen LogP contribution in [0.25, 0.3) is 12.3 Å². The quantitative estimate of drug-likeness (QED) is 0.747. The van der Waals surface area contributed by atoms with E-state index in [-0.39, 0.29) is 0 Å². The number of rotatable bonds is 1. The minimum absolute atomic E-state index is 0.508. The summed E-state index contributed by atoms with van der Waals surface area (Å²) in [6, 6.07) is 4.22.